The van der Waals surface area contributed by atoms with E-state index in [1.165, 1.54) is 6.07 Å². The van der Waals surface area contributed by atoms with Crippen molar-refractivity contribution in [3.05, 3.63) is 22.9 Å². The maximum Gasteiger partial charge on any atom is 1.00 e. The van der Waals surface area contributed by atoms with Gasteiger partial charge in [0, 0.05) is 5.69 Å². The number of aromatic carboxylic acids is 1. The molecule has 0 amide bonds. The normalized spacial score (nSPS) is 8.81. The molecule has 1 N–H and O–H groups in total. The molecular weight excluding hydrogens is 219 g/mol. The van der Waals surface area contributed by atoms with Crippen LogP contribution in [0.1, 0.15) is 28.5 Å². The first kappa shape index (κ1) is 14.9. The molecule has 0 spiro atoms. The number of rotatable bonds is 3. The molecule has 0 saturated carbocycles. The number of carbonyl (C=O) groups is 1. The minimum atomic E-state index is -1.15. The van der Waals surface area contributed by atoms with Gasteiger partial charge in [0.15, 0.2) is 0 Å². The third-order valence-electron chi connectivity index (χ3n) is 1.74. The average Bonchev–Trinajstić information content (AvgIpc) is 2.17. The van der Waals surface area contributed by atoms with Gasteiger partial charge in [0.1, 0.15) is 11.6 Å². The zero-order valence-corrected chi connectivity index (χ0v) is 11.4. The Hall–Kier alpha value is -1.09. The monoisotopic (exact) mass is 229 g/mol. The van der Waals surface area contributed by atoms with Crippen LogP contribution >= 0.6 is 0 Å². The van der Waals surface area contributed by atoms with Crippen LogP contribution in [0.2, 0.25) is 0 Å². The van der Waals surface area contributed by atoms with Crippen molar-refractivity contribution in [2.45, 2.75) is 13.8 Å². The molecule has 0 fully saturated rings. The Bertz CT molecular complexity index is 440. The smallest absolute Gasteiger partial charge is 0.478 e. The molecule has 0 radical (unpaired) electrons. The largest absolute Gasteiger partial charge is 1.00 e. The molecular formula is C10H10N2NaO3+. The second-order valence-corrected chi connectivity index (χ2v) is 2.84. The zero-order valence-electron chi connectivity index (χ0n) is 9.44. The van der Waals surface area contributed by atoms with Crippen molar-refractivity contribution in [3.8, 4) is 11.9 Å². The summed E-state index contributed by atoms with van der Waals surface area (Å²) in [6, 6.07) is 3.14. The summed E-state index contributed by atoms with van der Waals surface area (Å²) in [6.45, 7) is 3.73. The molecule has 0 unspecified atom stereocenters. The maximum atomic E-state index is 10.9. The van der Waals surface area contributed by atoms with Crippen molar-refractivity contribution < 1.29 is 44.2 Å². The first-order chi connectivity index (χ1) is 7.10. The van der Waals surface area contributed by atoms with Gasteiger partial charge in [0.2, 0.25) is 5.88 Å². The third-order valence-corrected chi connectivity index (χ3v) is 1.74. The van der Waals surface area contributed by atoms with Gasteiger partial charge in [-0.3, -0.25) is 0 Å². The summed E-state index contributed by atoms with van der Waals surface area (Å²) in [7, 11) is 0. The molecule has 0 aromatic carbocycles. The van der Waals surface area contributed by atoms with Crippen LogP contribution in [0.4, 0.5) is 0 Å². The van der Waals surface area contributed by atoms with Gasteiger partial charge in [0.05, 0.1) is 12.2 Å². The number of nitriles is 1. The standard InChI is InChI=1S/C10H10N2O3.Na/c1-3-15-9-8(5-11)7(10(13)14)4-6(2)12-9;/h4H,3H2,1-2H3,(H,13,14);/q;+1. The first-order valence-corrected chi connectivity index (χ1v) is 4.38. The Morgan fingerprint density at radius 3 is 2.75 bits per heavy atom. The summed E-state index contributed by atoms with van der Waals surface area (Å²) >= 11 is 0. The Balaban J connectivity index is 0.00000225. The Labute approximate surface area is 115 Å². The number of ether oxygens (including phenoxy) is 1. The Kier molecular flexibility index (Phi) is 6.04. The van der Waals surface area contributed by atoms with Crippen LogP contribution in [0, 0.1) is 18.3 Å². The van der Waals surface area contributed by atoms with Crippen LogP contribution in [0.3, 0.4) is 0 Å². The van der Waals surface area contributed by atoms with Crippen molar-refractivity contribution in [1.82, 2.24) is 4.98 Å². The average molecular weight is 229 g/mol. The third kappa shape index (κ3) is 3.20. The van der Waals surface area contributed by atoms with Crippen LogP contribution in [-0.2, 0) is 0 Å². The molecule has 0 atom stereocenters. The van der Waals surface area contributed by atoms with E-state index in [4.69, 9.17) is 15.1 Å². The number of carboxylic acids is 1. The van der Waals surface area contributed by atoms with Crippen molar-refractivity contribution in [2.75, 3.05) is 6.61 Å². The molecule has 0 aliphatic heterocycles. The topological polar surface area (TPSA) is 83.2 Å². The van der Waals surface area contributed by atoms with E-state index in [0.717, 1.165) is 0 Å². The molecule has 0 bridgehead atoms. The van der Waals surface area contributed by atoms with E-state index in [0.29, 0.717) is 12.3 Å². The van der Waals surface area contributed by atoms with Crippen molar-refractivity contribution in [3.63, 3.8) is 0 Å². The SMILES string of the molecule is CCOc1nc(C)cc(C(=O)O)c1C#N.[Na+]. The molecule has 78 valence electrons. The molecule has 16 heavy (non-hydrogen) atoms. The number of aryl methyl sites for hydroxylation is 1. The fraction of sp³-hybridized carbons (Fsp3) is 0.300. The molecule has 0 saturated heterocycles. The van der Waals surface area contributed by atoms with E-state index in [1.807, 2.05) is 0 Å². The Morgan fingerprint density at radius 1 is 1.69 bits per heavy atom. The molecule has 1 aromatic rings. The van der Waals surface area contributed by atoms with Gasteiger partial charge in [-0.25, -0.2) is 9.78 Å². The predicted molar refractivity (Wildman–Crippen MR) is 51.8 cm³/mol. The van der Waals surface area contributed by atoms with Gasteiger partial charge in [-0.2, -0.15) is 5.26 Å². The van der Waals surface area contributed by atoms with Crippen molar-refractivity contribution in [1.29, 1.82) is 5.26 Å². The number of pyridine rings is 1. The van der Waals surface area contributed by atoms with Crippen molar-refractivity contribution >= 4 is 5.97 Å². The molecule has 1 aromatic heterocycles. The van der Waals surface area contributed by atoms with E-state index >= 15 is 0 Å². The number of hydrogen-bond donors (Lipinski definition) is 1. The van der Waals surface area contributed by atoms with Crippen LogP contribution in [0.15, 0.2) is 6.07 Å². The summed E-state index contributed by atoms with van der Waals surface area (Å²) in [5, 5.41) is 17.7. The van der Waals surface area contributed by atoms with E-state index in [9.17, 15) is 4.79 Å². The quantitative estimate of drug-likeness (QED) is 0.629. The van der Waals surface area contributed by atoms with Gasteiger partial charge >= 0.3 is 35.5 Å². The Morgan fingerprint density at radius 2 is 2.31 bits per heavy atom. The molecule has 0 aliphatic rings. The summed E-state index contributed by atoms with van der Waals surface area (Å²) in [5.41, 5.74) is 0.401. The van der Waals surface area contributed by atoms with Crippen LogP contribution in [-0.4, -0.2) is 22.7 Å². The summed E-state index contributed by atoms with van der Waals surface area (Å²) in [6.07, 6.45) is 0. The molecule has 0 aliphatic carbocycles. The number of hydrogen-bond acceptors (Lipinski definition) is 4. The summed E-state index contributed by atoms with van der Waals surface area (Å²) in [4.78, 5) is 14.8. The van der Waals surface area contributed by atoms with Gasteiger partial charge < -0.3 is 9.84 Å². The molecule has 1 rings (SSSR count). The van der Waals surface area contributed by atoms with E-state index in [-0.39, 0.29) is 46.6 Å². The minimum Gasteiger partial charge on any atom is -0.478 e. The van der Waals surface area contributed by atoms with E-state index < -0.39 is 5.97 Å². The number of aromatic nitrogens is 1. The predicted octanol–water partition coefficient (Wildman–Crippen LogP) is -1.64. The van der Waals surface area contributed by atoms with Crippen LogP contribution in [0.25, 0.3) is 0 Å². The van der Waals surface area contributed by atoms with Crippen LogP contribution < -0.4 is 34.3 Å². The maximum absolute atomic E-state index is 10.9. The molecule has 1 heterocycles. The van der Waals surface area contributed by atoms with Gasteiger partial charge in [-0.15, -0.1) is 0 Å². The second-order valence-electron chi connectivity index (χ2n) is 2.84. The number of nitrogens with zero attached hydrogens (tertiary/aromatic N) is 2. The van der Waals surface area contributed by atoms with Gasteiger partial charge in [-0.05, 0) is 19.9 Å². The summed E-state index contributed by atoms with van der Waals surface area (Å²) in [5.74, 6) is -1.07. The second kappa shape index (κ2) is 6.48. The molecule has 5 nitrogen and oxygen atoms in total. The molecule has 6 heteroatoms. The van der Waals surface area contributed by atoms with Crippen LogP contribution in [0.5, 0.6) is 5.88 Å². The van der Waals surface area contributed by atoms with Gasteiger partial charge in [-0.1, -0.05) is 0 Å². The number of carboxylic acid groups (broad SMARTS) is 1. The summed E-state index contributed by atoms with van der Waals surface area (Å²) < 4.78 is 5.10. The fourth-order valence-corrected chi connectivity index (χ4v) is 1.16. The van der Waals surface area contributed by atoms with E-state index in [1.54, 1.807) is 19.9 Å². The zero-order chi connectivity index (χ0) is 11.4. The van der Waals surface area contributed by atoms with Gasteiger partial charge in [0.25, 0.3) is 0 Å². The fourth-order valence-electron chi connectivity index (χ4n) is 1.16. The minimum absolute atomic E-state index is 0. The first-order valence-electron chi connectivity index (χ1n) is 4.38. The van der Waals surface area contributed by atoms with E-state index in [2.05, 4.69) is 4.98 Å². The van der Waals surface area contributed by atoms with Crippen molar-refractivity contribution in [2.24, 2.45) is 0 Å².